The Kier molecular flexibility index (Phi) is 3.50. The van der Waals surface area contributed by atoms with E-state index in [1.807, 2.05) is 10.9 Å². The first-order valence-corrected chi connectivity index (χ1v) is 8.15. The molecule has 0 radical (unpaired) electrons. The van der Waals surface area contributed by atoms with Gasteiger partial charge in [-0.25, -0.2) is 9.97 Å². The lowest BCUT2D eigenvalue weighted by Crippen LogP contribution is -2.36. The number of likely N-dealkylation sites (tertiary alicyclic amines) is 1. The molecule has 0 amide bonds. The molecule has 0 atom stereocenters. The number of nitrogens with zero attached hydrogens (tertiary/aromatic N) is 5. The van der Waals surface area contributed by atoms with Gasteiger partial charge in [-0.15, -0.1) is 0 Å². The molecule has 2 aromatic heterocycles. The molecule has 2 fully saturated rings. The van der Waals surface area contributed by atoms with Gasteiger partial charge in [-0.05, 0) is 25.7 Å². The second-order valence-corrected chi connectivity index (χ2v) is 6.54. The summed E-state index contributed by atoms with van der Waals surface area (Å²) in [6, 6.07) is 1.32. The lowest BCUT2D eigenvalue weighted by atomic mass is 10.1. The second-order valence-electron chi connectivity index (χ2n) is 6.13. The van der Waals surface area contributed by atoms with E-state index in [0.29, 0.717) is 16.8 Å². The van der Waals surface area contributed by atoms with Gasteiger partial charge in [0.1, 0.15) is 0 Å². The Balaban J connectivity index is 1.50. The zero-order valence-electron chi connectivity index (χ0n) is 12.3. The lowest BCUT2D eigenvalue weighted by molar-refractivity contribution is 0.172. The third-order valence-electron chi connectivity index (χ3n) is 4.57. The van der Waals surface area contributed by atoms with E-state index in [1.165, 1.54) is 32.1 Å². The highest BCUT2D eigenvalue weighted by Gasteiger charge is 2.32. The van der Waals surface area contributed by atoms with Crippen LogP contribution in [0.2, 0.25) is 5.02 Å². The topological polar surface area (TPSA) is 72.9 Å². The van der Waals surface area contributed by atoms with Crippen molar-refractivity contribution in [1.82, 2.24) is 24.6 Å². The SMILES string of the molecule is Nc1ncc(Cl)c(-c2cnn(C3CCN(C4CC4)CC3)c2)n1. The summed E-state index contributed by atoms with van der Waals surface area (Å²) in [5.41, 5.74) is 7.19. The van der Waals surface area contributed by atoms with E-state index in [0.717, 1.165) is 24.4 Å². The van der Waals surface area contributed by atoms with Crippen LogP contribution in [0, 0.1) is 0 Å². The summed E-state index contributed by atoms with van der Waals surface area (Å²) in [7, 11) is 0. The maximum absolute atomic E-state index is 6.16. The standard InChI is InChI=1S/C15H19ClN6/c16-13-8-18-15(17)20-14(13)10-7-19-22(9-10)12-3-5-21(6-4-12)11-1-2-11/h7-9,11-12H,1-6H2,(H2,17,18,20). The zero-order chi connectivity index (χ0) is 15.1. The van der Waals surface area contributed by atoms with Crippen LogP contribution in [0.1, 0.15) is 31.7 Å². The van der Waals surface area contributed by atoms with Crippen molar-refractivity contribution in [2.75, 3.05) is 18.8 Å². The van der Waals surface area contributed by atoms with Crippen LogP contribution in [-0.4, -0.2) is 43.8 Å². The molecule has 6 nitrogen and oxygen atoms in total. The van der Waals surface area contributed by atoms with Crippen LogP contribution in [0.15, 0.2) is 18.6 Å². The summed E-state index contributed by atoms with van der Waals surface area (Å²) < 4.78 is 2.05. The summed E-state index contributed by atoms with van der Waals surface area (Å²) in [6.07, 6.45) is 10.4. The fraction of sp³-hybridized carbons (Fsp3) is 0.533. The molecule has 1 saturated heterocycles. The van der Waals surface area contributed by atoms with Crippen molar-refractivity contribution < 1.29 is 0 Å². The summed E-state index contributed by atoms with van der Waals surface area (Å²) in [6.45, 7) is 2.34. The largest absolute Gasteiger partial charge is 0.368 e. The summed E-state index contributed by atoms with van der Waals surface area (Å²) >= 11 is 6.16. The van der Waals surface area contributed by atoms with Crippen molar-refractivity contribution in [2.24, 2.45) is 0 Å². The first-order valence-electron chi connectivity index (χ1n) is 7.77. The van der Waals surface area contributed by atoms with E-state index < -0.39 is 0 Å². The zero-order valence-corrected chi connectivity index (χ0v) is 13.1. The van der Waals surface area contributed by atoms with Crippen LogP contribution in [0.25, 0.3) is 11.3 Å². The Bertz CT molecular complexity index is 672. The fourth-order valence-corrected chi connectivity index (χ4v) is 3.40. The number of rotatable bonds is 3. The number of nitrogen functional groups attached to an aromatic ring is 1. The summed E-state index contributed by atoms with van der Waals surface area (Å²) in [4.78, 5) is 10.7. The molecule has 0 unspecified atom stereocenters. The minimum atomic E-state index is 0.227. The highest BCUT2D eigenvalue weighted by molar-refractivity contribution is 6.32. The van der Waals surface area contributed by atoms with E-state index in [9.17, 15) is 0 Å². The van der Waals surface area contributed by atoms with Crippen LogP contribution in [0.4, 0.5) is 5.95 Å². The normalized spacial score (nSPS) is 20.4. The summed E-state index contributed by atoms with van der Waals surface area (Å²) in [5, 5.41) is 5.01. The van der Waals surface area contributed by atoms with Crippen molar-refractivity contribution in [3.05, 3.63) is 23.6 Å². The Morgan fingerprint density at radius 3 is 2.59 bits per heavy atom. The smallest absolute Gasteiger partial charge is 0.220 e. The van der Waals surface area contributed by atoms with Crippen molar-refractivity contribution in [3.63, 3.8) is 0 Å². The number of aromatic nitrogens is 4. The molecule has 7 heteroatoms. The fourth-order valence-electron chi connectivity index (χ4n) is 3.20. The Hall–Kier alpha value is -1.66. The summed E-state index contributed by atoms with van der Waals surface area (Å²) in [5.74, 6) is 0.227. The van der Waals surface area contributed by atoms with Crippen molar-refractivity contribution in [1.29, 1.82) is 0 Å². The molecule has 0 aromatic carbocycles. The number of anilines is 1. The van der Waals surface area contributed by atoms with Gasteiger partial charge in [0.05, 0.1) is 29.2 Å². The van der Waals surface area contributed by atoms with Crippen LogP contribution < -0.4 is 5.73 Å². The first kappa shape index (κ1) is 14.0. The predicted molar refractivity (Wildman–Crippen MR) is 85.5 cm³/mol. The number of halogens is 1. The maximum Gasteiger partial charge on any atom is 0.220 e. The van der Waals surface area contributed by atoms with Gasteiger partial charge < -0.3 is 10.6 Å². The average molecular weight is 319 g/mol. The van der Waals surface area contributed by atoms with Gasteiger partial charge in [0.25, 0.3) is 0 Å². The molecular formula is C15H19ClN6. The maximum atomic E-state index is 6.16. The van der Waals surface area contributed by atoms with Gasteiger partial charge in [-0.1, -0.05) is 11.6 Å². The molecule has 4 rings (SSSR count). The molecule has 1 aliphatic heterocycles. The van der Waals surface area contributed by atoms with Crippen LogP contribution in [0.3, 0.4) is 0 Å². The van der Waals surface area contributed by atoms with Gasteiger partial charge in [-0.2, -0.15) is 5.10 Å². The molecule has 2 aromatic rings. The first-order chi connectivity index (χ1) is 10.7. The van der Waals surface area contributed by atoms with E-state index in [-0.39, 0.29) is 5.95 Å². The van der Waals surface area contributed by atoms with Gasteiger partial charge >= 0.3 is 0 Å². The third-order valence-corrected chi connectivity index (χ3v) is 4.85. The Morgan fingerprint density at radius 2 is 1.86 bits per heavy atom. The molecule has 3 heterocycles. The molecular weight excluding hydrogens is 300 g/mol. The van der Waals surface area contributed by atoms with Gasteiger partial charge in [-0.3, -0.25) is 4.68 Å². The Morgan fingerprint density at radius 1 is 1.09 bits per heavy atom. The highest BCUT2D eigenvalue weighted by Crippen LogP contribution is 2.33. The molecule has 1 aliphatic carbocycles. The van der Waals surface area contributed by atoms with Gasteiger partial charge in [0, 0.05) is 30.9 Å². The van der Waals surface area contributed by atoms with E-state index >= 15 is 0 Å². The third kappa shape index (κ3) is 2.68. The predicted octanol–water partition coefficient (Wildman–Crippen LogP) is 2.38. The molecule has 1 saturated carbocycles. The molecule has 0 spiro atoms. The number of piperidine rings is 1. The van der Waals surface area contributed by atoms with Crippen LogP contribution in [0.5, 0.6) is 0 Å². The number of nitrogens with two attached hydrogens (primary N) is 1. The molecule has 2 N–H and O–H groups in total. The van der Waals surface area contributed by atoms with Crippen molar-refractivity contribution in [2.45, 2.75) is 37.8 Å². The van der Waals surface area contributed by atoms with Crippen LogP contribution >= 0.6 is 11.6 Å². The van der Waals surface area contributed by atoms with Gasteiger partial charge in [0.15, 0.2) is 0 Å². The number of hydrogen-bond acceptors (Lipinski definition) is 5. The Labute approximate surface area is 134 Å². The molecule has 22 heavy (non-hydrogen) atoms. The number of hydrogen-bond donors (Lipinski definition) is 1. The van der Waals surface area contributed by atoms with Crippen molar-refractivity contribution in [3.8, 4) is 11.3 Å². The van der Waals surface area contributed by atoms with Crippen LogP contribution in [-0.2, 0) is 0 Å². The lowest BCUT2D eigenvalue weighted by Gasteiger charge is -2.32. The molecule has 2 aliphatic rings. The quantitative estimate of drug-likeness (QED) is 0.940. The second kappa shape index (κ2) is 5.52. The van der Waals surface area contributed by atoms with Crippen molar-refractivity contribution >= 4 is 17.5 Å². The van der Waals surface area contributed by atoms with Gasteiger partial charge in [0.2, 0.25) is 5.95 Å². The minimum absolute atomic E-state index is 0.227. The molecule has 0 bridgehead atoms. The minimum Gasteiger partial charge on any atom is -0.368 e. The van der Waals surface area contributed by atoms with E-state index in [4.69, 9.17) is 17.3 Å². The average Bonchev–Trinajstić information content (AvgIpc) is 3.27. The molecule has 116 valence electrons. The monoisotopic (exact) mass is 318 g/mol. The highest BCUT2D eigenvalue weighted by atomic mass is 35.5. The van der Waals surface area contributed by atoms with E-state index in [2.05, 4.69) is 20.0 Å². The van der Waals surface area contributed by atoms with E-state index in [1.54, 1.807) is 6.20 Å².